The Kier molecular flexibility index (Phi) is 5.78. The van der Waals surface area contributed by atoms with E-state index in [9.17, 15) is 5.11 Å². The molecule has 0 aliphatic heterocycles. The molecular formula is C15H13Cl4NO. The first-order chi connectivity index (χ1) is 9.93. The summed E-state index contributed by atoms with van der Waals surface area (Å²) in [6.07, 6.45) is -0.917. The molecule has 0 aliphatic carbocycles. The van der Waals surface area contributed by atoms with Crippen molar-refractivity contribution in [3.05, 3.63) is 67.6 Å². The number of aliphatic hydroxyl groups is 1. The highest BCUT2D eigenvalue weighted by molar-refractivity contribution is 6.35. The predicted octanol–water partition coefficient (Wildman–Crippen LogP) is 5.08. The van der Waals surface area contributed by atoms with Crippen molar-refractivity contribution in [1.29, 1.82) is 0 Å². The van der Waals surface area contributed by atoms with Crippen molar-refractivity contribution < 1.29 is 5.11 Å². The number of hydrogen-bond acceptors (Lipinski definition) is 2. The molecule has 2 rings (SSSR count). The van der Waals surface area contributed by atoms with E-state index in [0.29, 0.717) is 31.2 Å². The summed E-state index contributed by atoms with van der Waals surface area (Å²) in [5.41, 5.74) is 7.04. The highest BCUT2D eigenvalue weighted by Gasteiger charge is 2.25. The van der Waals surface area contributed by atoms with Crippen molar-refractivity contribution >= 4 is 46.4 Å². The minimum atomic E-state index is -0.917. The summed E-state index contributed by atoms with van der Waals surface area (Å²) in [5, 5.41) is 12.5. The third-order valence-corrected chi connectivity index (χ3v) is 4.42. The minimum absolute atomic E-state index is 0.200. The Bertz CT molecular complexity index is 648. The van der Waals surface area contributed by atoms with Crippen molar-refractivity contribution in [2.45, 2.75) is 12.0 Å². The molecule has 0 aromatic heterocycles. The first-order valence-electron chi connectivity index (χ1n) is 6.22. The third kappa shape index (κ3) is 3.84. The van der Waals surface area contributed by atoms with Gasteiger partial charge in [-0.15, -0.1) is 0 Å². The van der Waals surface area contributed by atoms with Gasteiger partial charge in [-0.2, -0.15) is 0 Å². The Morgan fingerprint density at radius 3 is 2.10 bits per heavy atom. The Labute approximate surface area is 143 Å². The molecule has 0 heterocycles. The van der Waals surface area contributed by atoms with Gasteiger partial charge in [0.1, 0.15) is 0 Å². The van der Waals surface area contributed by atoms with Crippen LogP contribution in [0.2, 0.25) is 20.1 Å². The third-order valence-electron chi connectivity index (χ3n) is 3.27. The molecule has 3 N–H and O–H groups in total. The number of hydrogen-bond donors (Lipinski definition) is 2. The van der Waals surface area contributed by atoms with E-state index in [1.165, 1.54) is 0 Å². The van der Waals surface area contributed by atoms with Gasteiger partial charge in [-0.05, 0) is 35.9 Å². The Hall–Kier alpha value is -0.480. The Balaban J connectivity index is 2.43. The summed E-state index contributed by atoms with van der Waals surface area (Å²) in [7, 11) is 0. The molecule has 2 aromatic carbocycles. The van der Waals surface area contributed by atoms with Crippen LogP contribution in [0.15, 0.2) is 36.4 Å². The molecule has 112 valence electrons. The van der Waals surface area contributed by atoms with E-state index in [2.05, 4.69) is 0 Å². The van der Waals surface area contributed by atoms with Crippen molar-refractivity contribution in [1.82, 2.24) is 0 Å². The van der Waals surface area contributed by atoms with E-state index in [1.807, 2.05) is 0 Å². The van der Waals surface area contributed by atoms with Crippen LogP contribution in [0.1, 0.15) is 23.1 Å². The second kappa shape index (κ2) is 7.19. The molecule has 0 fully saturated rings. The average Bonchev–Trinajstić information content (AvgIpc) is 2.44. The number of nitrogens with two attached hydrogens (primary N) is 1. The predicted molar refractivity (Wildman–Crippen MR) is 89.7 cm³/mol. The van der Waals surface area contributed by atoms with E-state index in [-0.39, 0.29) is 6.54 Å². The molecule has 0 saturated heterocycles. The van der Waals surface area contributed by atoms with E-state index in [1.54, 1.807) is 36.4 Å². The standard InChI is InChI=1S/C15H13Cl4NO/c16-8-2-4-13(18)11(5-8)15(21)12(7-20)10-3-1-9(17)6-14(10)19/h1-6,12,15,21H,7,20H2. The van der Waals surface area contributed by atoms with Crippen molar-refractivity contribution in [3.63, 3.8) is 0 Å². The van der Waals surface area contributed by atoms with Gasteiger partial charge < -0.3 is 10.8 Å². The molecule has 2 aromatic rings. The van der Waals surface area contributed by atoms with Gasteiger partial charge in [0, 0.05) is 38.1 Å². The minimum Gasteiger partial charge on any atom is -0.388 e. The lowest BCUT2D eigenvalue weighted by molar-refractivity contribution is 0.147. The van der Waals surface area contributed by atoms with Gasteiger partial charge in [-0.1, -0.05) is 52.5 Å². The Morgan fingerprint density at radius 2 is 1.48 bits per heavy atom. The van der Waals surface area contributed by atoms with Crippen LogP contribution in [-0.4, -0.2) is 11.7 Å². The van der Waals surface area contributed by atoms with E-state index in [0.717, 1.165) is 0 Å². The lowest BCUT2D eigenvalue weighted by Gasteiger charge is -2.24. The molecule has 2 nitrogen and oxygen atoms in total. The lowest BCUT2D eigenvalue weighted by Crippen LogP contribution is -2.20. The summed E-state index contributed by atoms with van der Waals surface area (Å²) in [6, 6.07) is 10.0. The number of aliphatic hydroxyl groups excluding tert-OH is 1. The van der Waals surface area contributed by atoms with Crippen molar-refractivity contribution in [3.8, 4) is 0 Å². The number of benzene rings is 2. The largest absolute Gasteiger partial charge is 0.388 e. The summed E-state index contributed by atoms with van der Waals surface area (Å²) in [6.45, 7) is 0.200. The van der Waals surface area contributed by atoms with E-state index in [4.69, 9.17) is 52.1 Å². The molecule has 21 heavy (non-hydrogen) atoms. The van der Waals surface area contributed by atoms with Crippen LogP contribution in [-0.2, 0) is 0 Å². The van der Waals surface area contributed by atoms with Gasteiger partial charge in [0.25, 0.3) is 0 Å². The zero-order chi connectivity index (χ0) is 15.6. The fourth-order valence-electron chi connectivity index (χ4n) is 2.19. The molecule has 0 radical (unpaired) electrons. The first-order valence-corrected chi connectivity index (χ1v) is 7.73. The molecule has 0 spiro atoms. The molecule has 0 saturated carbocycles. The van der Waals surface area contributed by atoms with Crippen LogP contribution in [0, 0.1) is 0 Å². The molecule has 0 aliphatic rings. The SMILES string of the molecule is NCC(c1ccc(Cl)cc1Cl)C(O)c1cc(Cl)ccc1Cl. The monoisotopic (exact) mass is 363 g/mol. The molecule has 6 heteroatoms. The maximum atomic E-state index is 10.6. The highest BCUT2D eigenvalue weighted by Crippen LogP contribution is 2.38. The van der Waals surface area contributed by atoms with E-state index >= 15 is 0 Å². The van der Waals surface area contributed by atoms with Gasteiger partial charge in [0.05, 0.1) is 6.10 Å². The lowest BCUT2D eigenvalue weighted by atomic mass is 9.89. The maximum absolute atomic E-state index is 10.6. The van der Waals surface area contributed by atoms with Crippen LogP contribution in [0.3, 0.4) is 0 Å². The summed E-state index contributed by atoms with van der Waals surface area (Å²) in [5.74, 6) is -0.411. The molecule has 0 amide bonds. The summed E-state index contributed by atoms with van der Waals surface area (Å²) < 4.78 is 0. The second-order valence-electron chi connectivity index (χ2n) is 4.62. The molecular weight excluding hydrogens is 352 g/mol. The molecule has 2 unspecified atom stereocenters. The fourth-order valence-corrected chi connectivity index (χ4v) is 3.14. The number of halogens is 4. The normalized spacial score (nSPS) is 14.0. The zero-order valence-electron chi connectivity index (χ0n) is 10.9. The van der Waals surface area contributed by atoms with Gasteiger partial charge in [0.15, 0.2) is 0 Å². The fraction of sp³-hybridized carbons (Fsp3) is 0.200. The van der Waals surface area contributed by atoms with Crippen LogP contribution in [0.5, 0.6) is 0 Å². The molecule has 2 atom stereocenters. The van der Waals surface area contributed by atoms with Crippen LogP contribution >= 0.6 is 46.4 Å². The van der Waals surface area contributed by atoms with Crippen LogP contribution < -0.4 is 5.73 Å². The maximum Gasteiger partial charge on any atom is 0.0886 e. The van der Waals surface area contributed by atoms with Crippen LogP contribution in [0.25, 0.3) is 0 Å². The van der Waals surface area contributed by atoms with Gasteiger partial charge >= 0.3 is 0 Å². The van der Waals surface area contributed by atoms with Gasteiger partial charge in [0.2, 0.25) is 0 Å². The second-order valence-corrected chi connectivity index (χ2v) is 6.31. The van der Waals surface area contributed by atoms with Gasteiger partial charge in [-0.25, -0.2) is 0 Å². The Morgan fingerprint density at radius 1 is 0.857 bits per heavy atom. The van der Waals surface area contributed by atoms with Crippen LogP contribution in [0.4, 0.5) is 0 Å². The quantitative estimate of drug-likeness (QED) is 0.794. The highest BCUT2D eigenvalue weighted by atomic mass is 35.5. The van der Waals surface area contributed by atoms with Gasteiger partial charge in [-0.3, -0.25) is 0 Å². The topological polar surface area (TPSA) is 46.2 Å². The van der Waals surface area contributed by atoms with Crippen molar-refractivity contribution in [2.24, 2.45) is 5.73 Å². The average molecular weight is 365 g/mol. The van der Waals surface area contributed by atoms with Crippen molar-refractivity contribution in [2.75, 3.05) is 6.54 Å². The summed E-state index contributed by atoms with van der Waals surface area (Å²) in [4.78, 5) is 0. The molecule has 0 bridgehead atoms. The first kappa shape index (κ1) is 16.9. The zero-order valence-corrected chi connectivity index (χ0v) is 13.9. The van der Waals surface area contributed by atoms with E-state index < -0.39 is 12.0 Å². The smallest absolute Gasteiger partial charge is 0.0886 e. The number of rotatable bonds is 4. The summed E-state index contributed by atoms with van der Waals surface area (Å²) >= 11 is 24.2.